The van der Waals surface area contributed by atoms with Crippen LogP contribution in [0.4, 0.5) is 5.69 Å². The third-order valence-electron chi connectivity index (χ3n) is 3.96. The van der Waals surface area contributed by atoms with Crippen molar-refractivity contribution in [3.63, 3.8) is 0 Å². The summed E-state index contributed by atoms with van der Waals surface area (Å²) in [5.41, 5.74) is 1.42. The number of nitrogens with zero attached hydrogens (tertiary/aromatic N) is 3. The number of hydrogen-bond acceptors (Lipinski definition) is 6. The number of aliphatic hydroxyl groups excluding tert-OH is 1. The summed E-state index contributed by atoms with van der Waals surface area (Å²) in [5, 5.41) is 9.49. The summed E-state index contributed by atoms with van der Waals surface area (Å²) < 4.78 is 26.7. The molecule has 3 rings (SSSR count). The number of H-pyrrole nitrogens is 1. The van der Waals surface area contributed by atoms with E-state index >= 15 is 0 Å². The van der Waals surface area contributed by atoms with Crippen LogP contribution in [-0.4, -0.2) is 45.9 Å². The van der Waals surface area contributed by atoms with Gasteiger partial charge in [0.15, 0.2) is 11.3 Å². The molecule has 0 aliphatic carbocycles. The van der Waals surface area contributed by atoms with Crippen LogP contribution in [0.25, 0.3) is 22.6 Å². The number of imidazole rings is 1. The SMILES string of the molecule is CC(C)(CO)Cn1c(=O)[nH]c2ncc(-c3cccc(NS(C)(=O)=O)c3)nc21. The van der Waals surface area contributed by atoms with Gasteiger partial charge in [0.2, 0.25) is 10.0 Å². The molecule has 27 heavy (non-hydrogen) atoms. The van der Waals surface area contributed by atoms with Crippen molar-refractivity contribution >= 4 is 27.0 Å². The Morgan fingerprint density at radius 2 is 2.07 bits per heavy atom. The van der Waals surface area contributed by atoms with E-state index in [1.165, 1.54) is 10.8 Å². The second-order valence-electron chi connectivity index (χ2n) is 7.22. The normalized spacial score (nSPS) is 12.4. The van der Waals surface area contributed by atoms with Crippen LogP contribution >= 0.6 is 0 Å². The van der Waals surface area contributed by atoms with Crippen molar-refractivity contribution in [3.05, 3.63) is 40.9 Å². The molecule has 0 spiro atoms. The Bertz CT molecular complexity index is 1150. The van der Waals surface area contributed by atoms with Gasteiger partial charge in [-0.25, -0.2) is 23.2 Å². The minimum absolute atomic E-state index is 0.0849. The van der Waals surface area contributed by atoms with E-state index in [9.17, 15) is 18.3 Å². The Balaban J connectivity index is 2.07. The topological polar surface area (TPSA) is 130 Å². The van der Waals surface area contributed by atoms with Gasteiger partial charge in [0.25, 0.3) is 0 Å². The summed E-state index contributed by atoms with van der Waals surface area (Å²) in [4.78, 5) is 23.7. The predicted octanol–water partition coefficient (Wildman–Crippen LogP) is 1.18. The summed E-state index contributed by atoms with van der Waals surface area (Å²) in [5.74, 6) is 0. The van der Waals surface area contributed by atoms with E-state index in [-0.39, 0.29) is 18.8 Å². The van der Waals surface area contributed by atoms with Crippen molar-refractivity contribution in [2.75, 3.05) is 17.6 Å². The van der Waals surface area contributed by atoms with Crippen LogP contribution in [0.15, 0.2) is 35.3 Å². The van der Waals surface area contributed by atoms with Crippen molar-refractivity contribution in [1.82, 2.24) is 19.5 Å². The largest absolute Gasteiger partial charge is 0.396 e. The number of rotatable bonds is 6. The lowest BCUT2D eigenvalue weighted by Gasteiger charge is -2.21. The summed E-state index contributed by atoms with van der Waals surface area (Å²) in [7, 11) is -3.40. The summed E-state index contributed by atoms with van der Waals surface area (Å²) in [6.45, 7) is 3.88. The van der Waals surface area contributed by atoms with Gasteiger partial charge in [-0.15, -0.1) is 0 Å². The molecule has 0 amide bonds. The van der Waals surface area contributed by atoms with E-state index in [2.05, 4.69) is 19.7 Å². The maximum atomic E-state index is 12.3. The molecule has 2 aromatic heterocycles. The first-order valence-electron chi connectivity index (χ1n) is 8.23. The van der Waals surface area contributed by atoms with Crippen LogP contribution in [-0.2, 0) is 16.6 Å². The zero-order valence-electron chi connectivity index (χ0n) is 15.2. The number of nitrogens with one attached hydrogen (secondary N) is 2. The van der Waals surface area contributed by atoms with Crippen molar-refractivity contribution < 1.29 is 13.5 Å². The number of aromatic amines is 1. The molecule has 3 N–H and O–H groups in total. The van der Waals surface area contributed by atoms with E-state index in [1.807, 2.05) is 13.8 Å². The molecule has 0 saturated carbocycles. The molecule has 10 heteroatoms. The number of hydrogen-bond donors (Lipinski definition) is 3. The molecule has 2 heterocycles. The van der Waals surface area contributed by atoms with Crippen molar-refractivity contribution in [3.8, 4) is 11.3 Å². The summed E-state index contributed by atoms with van der Waals surface area (Å²) in [6, 6.07) is 6.75. The number of sulfonamides is 1. The molecule has 0 radical (unpaired) electrons. The molecule has 0 aliphatic heterocycles. The van der Waals surface area contributed by atoms with Crippen LogP contribution < -0.4 is 10.4 Å². The second-order valence-corrected chi connectivity index (χ2v) is 8.97. The zero-order valence-corrected chi connectivity index (χ0v) is 16.0. The number of aromatic nitrogens is 4. The maximum Gasteiger partial charge on any atom is 0.328 e. The number of aliphatic hydroxyl groups is 1. The first kappa shape index (κ1) is 19.1. The Hall–Kier alpha value is -2.72. The van der Waals surface area contributed by atoms with E-state index in [0.717, 1.165) is 6.26 Å². The number of anilines is 1. The van der Waals surface area contributed by atoms with Gasteiger partial charge in [-0.2, -0.15) is 0 Å². The Kier molecular flexibility index (Phi) is 4.79. The van der Waals surface area contributed by atoms with Crippen LogP contribution in [0.2, 0.25) is 0 Å². The molecule has 3 aromatic rings. The van der Waals surface area contributed by atoms with Crippen molar-refractivity contribution in [2.45, 2.75) is 20.4 Å². The van der Waals surface area contributed by atoms with Crippen LogP contribution in [0.5, 0.6) is 0 Å². The van der Waals surface area contributed by atoms with Gasteiger partial charge in [-0.1, -0.05) is 26.0 Å². The zero-order chi connectivity index (χ0) is 19.8. The lowest BCUT2D eigenvalue weighted by Crippen LogP contribution is -2.29. The van der Waals surface area contributed by atoms with Gasteiger partial charge < -0.3 is 5.11 Å². The van der Waals surface area contributed by atoms with Crippen molar-refractivity contribution in [2.24, 2.45) is 5.41 Å². The molecule has 0 bridgehead atoms. The lowest BCUT2D eigenvalue weighted by molar-refractivity contribution is 0.141. The third kappa shape index (κ3) is 4.34. The monoisotopic (exact) mass is 391 g/mol. The Morgan fingerprint density at radius 3 is 2.74 bits per heavy atom. The van der Waals surface area contributed by atoms with Crippen LogP contribution in [0.1, 0.15) is 13.8 Å². The lowest BCUT2D eigenvalue weighted by atomic mass is 9.95. The highest BCUT2D eigenvalue weighted by Gasteiger charge is 2.21. The number of benzene rings is 1. The first-order valence-corrected chi connectivity index (χ1v) is 10.1. The minimum atomic E-state index is -3.40. The molecular formula is C17H21N5O4S. The van der Waals surface area contributed by atoms with E-state index < -0.39 is 15.4 Å². The van der Waals surface area contributed by atoms with Gasteiger partial charge >= 0.3 is 5.69 Å². The van der Waals surface area contributed by atoms with Gasteiger partial charge in [0.1, 0.15) is 0 Å². The summed E-state index contributed by atoms with van der Waals surface area (Å²) in [6.07, 6.45) is 2.59. The molecule has 0 atom stereocenters. The molecule has 9 nitrogen and oxygen atoms in total. The highest BCUT2D eigenvalue weighted by Crippen LogP contribution is 2.23. The average Bonchev–Trinajstić information content (AvgIpc) is 2.88. The Morgan fingerprint density at radius 1 is 1.33 bits per heavy atom. The van der Waals surface area contributed by atoms with Gasteiger partial charge in [-0.05, 0) is 12.1 Å². The van der Waals surface area contributed by atoms with E-state index in [1.54, 1.807) is 24.3 Å². The molecule has 0 saturated heterocycles. The first-order chi connectivity index (χ1) is 12.6. The minimum Gasteiger partial charge on any atom is -0.396 e. The molecule has 1 aromatic carbocycles. The smallest absolute Gasteiger partial charge is 0.328 e. The van der Waals surface area contributed by atoms with E-state index in [4.69, 9.17) is 0 Å². The van der Waals surface area contributed by atoms with Crippen molar-refractivity contribution in [1.29, 1.82) is 0 Å². The second kappa shape index (κ2) is 6.78. The quantitative estimate of drug-likeness (QED) is 0.578. The standard InChI is InChI=1S/C17H21N5O4S/c1-17(2,10-23)9-22-15-14(20-16(22)24)18-8-13(19-15)11-5-4-6-12(7-11)21-27(3,25)26/h4-8,21,23H,9-10H2,1-3H3,(H,18,20,24). The van der Waals surface area contributed by atoms with Gasteiger partial charge in [0.05, 0.1) is 18.1 Å². The maximum absolute atomic E-state index is 12.3. The molecule has 0 fully saturated rings. The van der Waals surface area contributed by atoms with Gasteiger partial charge in [0, 0.05) is 29.8 Å². The van der Waals surface area contributed by atoms with Crippen LogP contribution in [0.3, 0.4) is 0 Å². The fourth-order valence-electron chi connectivity index (χ4n) is 2.64. The predicted molar refractivity (Wildman–Crippen MR) is 103 cm³/mol. The Labute approximate surface area is 156 Å². The number of fused-ring (bicyclic) bond motifs is 1. The molecular weight excluding hydrogens is 370 g/mol. The molecule has 0 aliphatic rings. The highest BCUT2D eigenvalue weighted by molar-refractivity contribution is 7.92. The van der Waals surface area contributed by atoms with E-state index in [0.29, 0.717) is 28.2 Å². The molecule has 0 unspecified atom stereocenters. The summed E-state index contributed by atoms with van der Waals surface area (Å²) >= 11 is 0. The van der Waals surface area contributed by atoms with Crippen LogP contribution in [0, 0.1) is 5.41 Å². The average molecular weight is 391 g/mol. The highest BCUT2D eigenvalue weighted by atomic mass is 32.2. The fourth-order valence-corrected chi connectivity index (χ4v) is 3.20. The molecule has 144 valence electrons. The fraction of sp³-hybridized carbons (Fsp3) is 0.353. The third-order valence-corrected chi connectivity index (χ3v) is 4.56. The van der Waals surface area contributed by atoms with Gasteiger partial charge in [-0.3, -0.25) is 14.3 Å².